The minimum absolute atomic E-state index is 0.0475. The molecule has 13 heteroatoms. The zero-order chi connectivity index (χ0) is 27.5. The number of rotatable bonds is 3. The van der Waals surface area contributed by atoms with Gasteiger partial charge in [0.25, 0.3) is 0 Å². The van der Waals surface area contributed by atoms with Crippen LogP contribution in [0.2, 0.25) is 0 Å². The summed E-state index contributed by atoms with van der Waals surface area (Å²) in [7, 11) is 0. The van der Waals surface area contributed by atoms with Gasteiger partial charge in [-0.05, 0) is 24.3 Å². The smallest absolute Gasteiger partial charge is 0.197 e. The van der Waals surface area contributed by atoms with Crippen molar-refractivity contribution < 1.29 is 59.8 Å². The van der Waals surface area contributed by atoms with Gasteiger partial charge in [-0.3, -0.25) is 4.79 Å². The van der Waals surface area contributed by atoms with Gasteiger partial charge >= 0.3 is 0 Å². The number of benzene rings is 2. The van der Waals surface area contributed by atoms with Crippen molar-refractivity contribution in [2.75, 3.05) is 13.2 Å². The average Bonchev–Trinajstić information content (AvgIpc) is 2.88. The highest BCUT2D eigenvalue weighted by Gasteiger charge is 2.46. The lowest BCUT2D eigenvalue weighted by Gasteiger charge is -2.38. The summed E-state index contributed by atoms with van der Waals surface area (Å²) in [6.45, 7) is -0.966. The third-order valence-electron chi connectivity index (χ3n) is 6.92. The maximum atomic E-state index is 13.3. The molecule has 0 amide bonds. The minimum Gasteiger partial charge on any atom is -0.508 e. The van der Waals surface area contributed by atoms with Gasteiger partial charge in [0.05, 0.1) is 24.3 Å². The van der Waals surface area contributed by atoms with Gasteiger partial charge in [-0.1, -0.05) is 0 Å². The molecule has 1 aromatic heterocycles. The van der Waals surface area contributed by atoms with Crippen LogP contribution >= 0.6 is 0 Å². The van der Waals surface area contributed by atoms with E-state index >= 15 is 0 Å². The summed E-state index contributed by atoms with van der Waals surface area (Å²) in [6, 6.07) is 6.60. The molecule has 0 spiro atoms. The highest BCUT2D eigenvalue weighted by atomic mass is 16.5. The molecule has 0 radical (unpaired) electrons. The molecule has 2 fully saturated rings. The third kappa shape index (κ3) is 4.19. The molecule has 13 nitrogen and oxygen atoms in total. The summed E-state index contributed by atoms with van der Waals surface area (Å²) < 4.78 is 16.8. The maximum Gasteiger partial charge on any atom is 0.197 e. The molecule has 0 bridgehead atoms. The molecular formula is C25H26O13. The number of aliphatic hydroxyl groups excluding tert-OH is 6. The zero-order valence-electron chi connectivity index (χ0n) is 19.6. The Bertz CT molecular complexity index is 1400. The second-order valence-electron chi connectivity index (χ2n) is 9.36. The fourth-order valence-corrected chi connectivity index (χ4v) is 4.83. The first-order valence-electron chi connectivity index (χ1n) is 11.7. The summed E-state index contributed by atoms with van der Waals surface area (Å²) >= 11 is 0. The molecule has 5 rings (SSSR count). The van der Waals surface area contributed by atoms with Crippen molar-refractivity contribution in [1.82, 2.24) is 0 Å². The van der Waals surface area contributed by atoms with E-state index in [-0.39, 0.29) is 11.5 Å². The Morgan fingerprint density at radius 2 is 1.21 bits per heavy atom. The van der Waals surface area contributed by atoms with Gasteiger partial charge in [0.15, 0.2) is 11.0 Å². The Balaban J connectivity index is 1.80. The van der Waals surface area contributed by atoms with E-state index in [1.54, 1.807) is 0 Å². The van der Waals surface area contributed by atoms with Gasteiger partial charge < -0.3 is 59.8 Å². The molecule has 3 heterocycles. The average molecular weight is 534 g/mol. The summed E-state index contributed by atoms with van der Waals surface area (Å²) in [6.07, 6.45) is -13.3. The van der Waals surface area contributed by atoms with E-state index in [0.717, 1.165) is 6.07 Å². The zero-order valence-corrected chi connectivity index (χ0v) is 19.6. The SMILES string of the molecule is O=c1cc(-c2ccc(O)cc2)oc2c([C@@H]3OC[C@@H](O)C(O)C3O)c(O)c([C@@H]3OC[C@@H](O)C(O)C3O)c(O)c12. The number of fused-ring (bicyclic) bond motifs is 1. The first kappa shape index (κ1) is 26.3. The highest BCUT2D eigenvalue weighted by Crippen LogP contribution is 2.50. The van der Waals surface area contributed by atoms with Crippen LogP contribution in [0.15, 0.2) is 39.5 Å². The van der Waals surface area contributed by atoms with E-state index in [1.165, 1.54) is 24.3 Å². The second-order valence-corrected chi connectivity index (χ2v) is 9.36. The lowest BCUT2D eigenvalue weighted by Crippen LogP contribution is -2.49. The number of hydrogen-bond acceptors (Lipinski definition) is 13. The molecule has 38 heavy (non-hydrogen) atoms. The lowest BCUT2D eigenvalue weighted by atomic mass is 9.87. The topological polar surface area (TPSA) is 231 Å². The fourth-order valence-electron chi connectivity index (χ4n) is 4.83. The van der Waals surface area contributed by atoms with Crippen molar-refractivity contribution in [3.05, 3.63) is 51.7 Å². The Morgan fingerprint density at radius 3 is 1.76 bits per heavy atom. The Labute approximate surface area is 213 Å². The molecule has 0 saturated carbocycles. The molecule has 2 aliphatic heterocycles. The highest BCUT2D eigenvalue weighted by molar-refractivity contribution is 5.91. The van der Waals surface area contributed by atoms with Gasteiger partial charge in [-0.15, -0.1) is 0 Å². The van der Waals surface area contributed by atoms with Crippen molar-refractivity contribution >= 4 is 11.0 Å². The van der Waals surface area contributed by atoms with Crippen molar-refractivity contribution in [3.63, 3.8) is 0 Å². The standard InChI is InChI=1S/C25H26O13/c26-9-3-1-8(2-4-9)13-5-10(27)14-19(32)15(24-21(34)17(30)11(28)6-36-24)20(33)16(23(14)38-13)25-22(35)18(31)12(29)7-37-25/h1-5,11-12,17-18,21-22,24-26,28-35H,6-7H2/t11-,12-,17?,18?,21?,22?,24+,25+/m1/s1. The van der Waals surface area contributed by atoms with Crippen LogP contribution in [0.25, 0.3) is 22.3 Å². The molecule has 8 atom stereocenters. The van der Waals surface area contributed by atoms with Crippen LogP contribution in [0.3, 0.4) is 0 Å². The Hall–Kier alpha value is -3.27. The van der Waals surface area contributed by atoms with Gasteiger partial charge in [-0.2, -0.15) is 0 Å². The molecule has 9 N–H and O–H groups in total. The third-order valence-corrected chi connectivity index (χ3v) is 6.92. The van der Waals surface area contributed by atoms with Crippen molar-refractivity contribution in [3.8, 4) is 28.6 Å². The molecule has 2 aromatic carbocycles. The molecule has 0 aliphatic carbocycles. The van der Waals surface area contributed by atoms with Crippen LogP contribution in [0.4, 0.5) is 0 Å². The van der Waals surface area contributed by atoms with Crippen LogP contribution in [-0.2, 0) is 9.47 Å². The minimum atomic E-state index is -1.85. The van der Waals surface area contributed by atoms with Crippen LogP contribution in [0.1, 0.15) is 23.3 Å². The number of phenols is 3. The van der Waals surface area contributed by atoms with Crippen molar-refractivity contribution in [2.45, 2.75) is 48.8 Å². The summed E-state index contributed by atoms with van der Waals surface area (Å²) in [5.74, 6) is -1.80. The van der Waals surface area contributed by atoms with E-state index in [1.807, 2.05) is 0 Å². The number of phenolic OH excluding ortho intramolecular Hbond substituents is 3. The molecule has 3 aromatic rings. The van der Waals surface area contributed by atoms with Crippen LogP contribution in [0, 0.1) is 0 Å². The normalized spacial score (nSPS) is 31.9. The van der Waals surface area contributed by atoms with Gasteiger partial charge in [0.2, 0.25) is 0 Å². The summed E-state index contributed by atoms with van der Waals surface area (Å²) in [5, 5.41) is 93.1. The monoisotopic (exact) mass is 534 g/mol. The number of aliphatic hydroxyl groups is 6. The summed E-state index contributed by atoms with van der Waals surface area (Å²) in [4.78, 5) is 13.3. The first-order valence-corrected chi connectivity index (χ1v) is 11.7. The van der Waals surface area contributed by atoms with Crippen molar-refractivity contribution in [1.29, 1.82) is 0 Å². The number of aromatic hydroxyl groups is 3. The molecule has 2 aliphatic rings. The van der Waals surface area contributed by atoms with Crippen molar-refractivity contribution in [2.24, 2.45) is 0 Å². The Kier molecular flexibility index (Phi) is 6.79. The Morgan fingerprint density at radius 1 is 0.684 bits per heavy atom. The lowest BCUT2D eigenvalue weighted by molar-refractivity contribution is -0.191. The quantitative estimate of drug-likeness (QED) is 0.194. The van der Waals surface area contributed by atoms with Gasteiger partial charge in [-0.25, -0.2) is 0 Å². The predicted molar refractivity (Wildman–Crippen MR) is 126 cm³/mol. The first-order chi connectivity index (χ1) is 18.0. The molecule has 2 saturated heterocycles. The number of hydrogen-bond donors (Lipinski definition) is 9. The maximum absolute atomic E-state index is 13.3. The van der Waals surface area contributed by atoms with Crippen LogP contribution < -0.4 is 5.43 Å². The largest absolute Gasteiger partial charge is 0.508 e. The van der Waals surface area contributed by atoms with Gasteiger partial charge in [0, 0.05) is 11.6 Å². The predicted octanol–water partition coefficient (Wildman–Crippen LogP) is -1.12. The fraction of sp³-hybridized carbons (Fsp3) is 0.400. The van der Waals surface area contributed by atoms with E-state index in [2.05, 4.69) is 0 Å². The van der Waals surface area contributed by atoms with Crippen LogP contribution in [0.5, 0.6) is 17.2 Å². The van der Waals surface area contributed by atoms with E-state index in [0.29, 0.717) is 5.56 Å². The van der Waals surface area contributed by atoms with E-state index in [4.69, 9.17) is 13.9 Å². The van der Waals surface area contributed by atoms with Crippen LogP contribution in [-0.4, -0.2) is 95.8 Å². The van der Waals surface area contributed by atoms with E-state index < -0.39 is 101 Å². The summed E-state index contributed by atoms with van der Waals surface area (Å²) in [5.41, 5.74) is -1.86. The number of ether oxygens (including phenoxy) is 2. The molecular weight excluding hydrogens is 508 g/mol. The molecule has 4 unspecified atom stereocenters. The van der Waals surface area contributed by atoms with Gasteiger partial charge in [0.1, 0.15) is 77.2 Å². The molecule has 204 valence electrons. The van der Waals surface area contributed by atoms with E-state index in [9.17, 15) is 50.8 Å². The second kappa shape index (κ2) is 9.80.